The zero-order chi connectivity index (χ0) is 18.7. The molecule has 0 radical (unpaired) electrons. The smallest absolute Gasteiger partial charge is 0.193 e. The maximum absolute atomic E-state index is 4.92. The minimum absolute atomic E-state index is 0.759. The summed E-state index contributed by atoms with van der Waals surface area (Å²) in [6.07, 6.45) is 6.54. The van der Waals surface area contributed by atoms with E-state index in [9.17, 15) is 0 Å². The van der Waals surface area contributed by atoms with Gasteiger partial charge in [-0.15, -0.1) is 11.8 Å². The van der Waals surface area contributed by atoms with Gasteiger partial charge >= 0.3 is 0 Å². The Labute approximate surface area is 169 Å². The van der Waals surface area contributed by atoms with E-state index in [4.69, 9.17) is 4.99 Å². The maximum atomic E-state index is 4.92. The van der Waals surface area contributed by atoms with E-state index >= 15 is 0 Å². The van der Waals surface area contributed by atoms with E-state index in [2.05, 4.69) is 52.4 Å². The second-order valence-corrected chi connectivity index (χ2v) is 8.81. The Morgan fingerprint density at radius 3 is 2.74 bits per heavy atom. The van der Waals surface area contributed by atoms with Gasteiger partial charge in [-0.1, -0.05) is 18.2 Å². The van der Waals surface area contributed by atoms with Crippen molar-refractivity contribution in [2.24, 2.45) is 10.9 Å². The third-order valence-corrected chi connectivity index (χ3v) is 6.74. The second kappa shape index (κ2) is 11.6. The van der Waals surface area contributed by atoms with Crippen LogP contribution < -0.4 is 5.32 Å². The summed E-state index contributed by atoms with van der Waals surface area (Å²) in [6, 6.07) is 10.8. The Morgan fingerprint density at radius 1 is 1.15 bits per heavy atom. The molecule has 0 aromatic heterocycles. The highest BCUT2D eigenvalue weighted by molar-refractivity contribution is 7.99. The molecule has 1 aromatic carbocycles. The van der Waals surface area contributed by atoms with E-state index in [1.165, 1.54) is 62.4 Å². The fraction of sp³-hybridized carbons (Fsp3) is 0.682. The zero-order valence-corrected chi connectivity index (χ0v) is 17.7. The molecule has 0 spiro atoms. The molecule has 0 saturated carbocycles. The minimum atomic E-state index is 0.759. The number of hydrogen-bond donors (Lipinski definition) is 1. The summed E-state index contributed by atoms with van der Waals surface area (Å²) < 4.78 is 0. The number of benzene rings is 1. The highest BCUT2D eigenvalue weighted by Crippen LogP contribution is 2.25. The van der Waals surface area contributed by atoms with Gasteiger partial charge in [0.1, 0.15) is 0 Å². The fourth-order valence-corrected chi connectivity index (χ4v) is 5.01. The maximum Gasteiger partial charge on any atom is 0.193 e. The summed E-state index contributed by atoms with van der Waals surface area (Å²) in [5.74, 6) is 3.09. The van der Waals surface area contributed by atoms with Crippen LogP contribution in [0.25, 0.3) is 0 Å². The van der Waals surface area contributed by atoms with Crippen molar-refractivity contribution in [3.05, 3.63) is 30.3 Å². The van der Waals surface area contributed by atoms with Crippen molar-refractivity contribution in [1.82, 2.24) is 15.1 Å². The molecule has 2 aliphatic rings. The SMILES string of the molecule is CCNC(=NCCCCN1CCCC1)N1CCC(CSc2ccccc2)C1. The molecule has 150 valence electrons. The molecule has 0 aliphatic carbocycles. The lowest BCUT2D eigenvalue weighted by Crippen LogP contribution is -2.40. The number of rotatable bonds is 9. The Bertz CT molecular complexity index is 557. The molecule has 4 nitrogen and oxygen atoms in total. The normalized spacial score (nSPS) is 21.1. The molecule has 1 atom stereocenters. The lowest BCUT2D eigenvalue weighted by atomic mass is 10.2. The summed E-state index contributed by atoms with van der Waals surface area (Å²) in [6.45, 7) is 10.2. The van der Waals surface area contributed by atoms with Crippen LogP contribution in [0.4, 0.5) is 0 Å². The van der Waals surface area contributed by atoms with E-state index in [0.29, 0.717) is 0 Å². The fourth-order valence-electron chi connectivity index (χ4n) is 3.96. The topological polar surface area (TPSA) is 30.9 Å². The third-order valence-electron chi connectivity index (χ3n) is 5.49. The van der Waals surface area contributed by atoms with Crippen LogP contribution in [-0.4, -0.2) is 67.3 Å². The van der Waals surface area contributed by atoms with Crippen LogP contribution in [0.15, 0.2) is 40.2 Å². The van der Waals surface area contributed by atoms with Crippen LogP contribution in [0.2, 0.25) is 0 Å². The van der Waals surface area contributed by atoms with Gasteiger partial charge in [-0.2, -0.15) is 0 Å². The summed E-state index contributed by atoms with van der Waals surface area (Å²) in [5.41, 5.74) is 0. The summed E-state index contributed by atoms with van der Waals surface area (Å²) in [5, 5.41) is 3.51. The molecular formula is C22H36N4S. The van der Waals surface area contributed by atoms with Crippen molar-refractivity contribution < 1.29 is 0 Å². The lowest BCUT2D eigenvalue weighted by Gasteiger charge is -2.22. The van der Waals surface area contributed by atoms with Gasteiger partial charge in [-0.3, -0.25) is 4.99 Å². The van der Waals surface area contributed by atoms with Gasteiger partial charge < -0.3 is 15.1 Å². The van der Waals surface area contributed by atoms with E-state index in [1.807, 2.05) is 11.8 Å². The molecular weight excluding hydrogens is 352 g/mol. The van der Waals surface area contributed by atoms with Crippen LogP contribution in [-0.2, 0) is 0 Å². The third kappa shape index (κ3) is 7.04. The summed E-state index contributed by atoms with van der Waals surface area (Å²) >= 11 is 1.99. The van der Waals surface area contributed by atoms with E-state index in [1.54, 1.807) is 0 Å². The molecule has 0 bridgehead atoms. The Balaban J connectivity index is 1.38. The first kappa shape index (κ1) is 20.5. The predicted molar refractivity (Wildman–Crippen MR) is 118 cm³/mol. The molecule has 1 N–H and O–H groups in total. The Kier molecular flexibility index (Phi) is 8.82. The number of guanidine groups is 1. The van der Waals surface area contributed by atoms with Gasteiger partial charge in [0.2, 0.25) is 0 Å². The first-order valence-corrected chi connectivity index (χ1v) is 11.8. The molecule has 2 heterocycles. The number of thioether (sulfide) groups is 1. The molecule has 2 fully saturated rings. The first-order chi connectivity index (χ1) is 13.3. The van der Waals surface area contributed by atoms with E-state index in [-0.39, 0.29) is 0 Å². The monoisotopic (exact) mass is 388 g/mol. The number of hydrogen-bond acceptors (Lipinski definition) is 3. The minimum Gasteiger partial charge on any atom is -0.357 e. The molecule has 5 heteroatoms. The Hall–Kier alpha value is -1.20. The van der Waals surface area contributed by atoms with Crippen LogP contribution >= 0.6 is 11.8 Å². The molecule has 3 rings (SSSR count). The summed E-state index contributed by atoms with van der Waals surface area (Å²) in [7, 11) is 0. The number of nitrogens with zero attached hydrogens (tertiary/aromatic N) is 3. The van der Waals surface area contributed by atoms with Crippen molar-refractivity contribution in [2.45, 2.75) is 43.9 Å². The summed E-state index contributed by atoms with van der Waals surface area (Å²) in [4.78, 5) is 11.4. The molecule has 1 aromatic rings. The molecule has 2 aliphatic heterocycles. The quantitative estimate of drug-likeness (QED) is 0.300. The average Bonchev–Trinajstić information content (AvgIpc) is 3.38. The van der Waals surface area contributed by atoms with Gasteiger partial charge in [-0.05, 0) is 76.7 Å². The largest absolute Gasteiger partial charge is 0.357 e. The standard InChI is InChI=1S/C22H36N4S/c1-2-23-22(24-13-6-7-14-25-15-8-9-16-25)26-17-12-20(18-26)19-27-21-10-4-3-5-11-21/h3-5,10-11,20H,2,6-9,12-19H2,1H3,(H,23,24). The number of aliphatic imine (C=N–C) groups is 1. The van der Waals surface area contributed by atoms with Gasteiger partial charge in [0, 0.05) is 36.8 Å². The zero-order valence-electron chi connectivity index (χ0n) is 16.9. The highest BCUT2D eigenvalue weighted by atomic mass is 32.2. The molecule has 0 amide bonds. The van der Waals surface area contributed by atoms with Crippen molar-refractivity contribution in [2.75, 3.05) is 51.6 Å². The number of nitrogens with one attached hydrogen (secondary N) is 1. The van der Waals surface area contributed by atoms with Crippen LogP contribution in [0.3, 0.4) is 0 Å². The van der Waals surface area contributed by atoms with Gasteiger partial charge in [0.15, 0.2) is 5.96 Å². The highest BCUT2D eigenvalue weighted by Gasteiger charge is 2.24. The van der Waals surface area contributed by atoms with Crippen LogP contribution in [0.1, 0.15) is 39.0 Å². The van der Waals surface area contributed by atoms with E-state index in [0.717, 1.165) is 38.1 Å². The van der Waals surface area contributed by atoms with Crippen molar-refractivity contribution >= 4 is 17.7 Å². The van der Waals surface area contributed by atoms with Gasteiger partial charge in [-0.25, -0.2) is 0 Å². The second-order valence-electron chi connectivity index (χ2n) is 7.72. The van der Waals surface area contributed by atoms with Crippen LogP contribution in [0.5, 0.6) is 0 Å². The predicted octanol–water partition coefficient (Wildman–Crippen LogP) is 3.94. The Morgan fingerprint density at radius 2 is 1.96 bits per heavy atom. The average molecular weight is 389 g/mol. The van der Waals surface area contributed by atoms with Gasteiger partial charge in [0.25, 0.3) is 0 Å². The van der Waals surface area contributed by atoms with Crippen LogP contribution in [0, 0.1) is 5.92 Å². The van der Waals surface area contributed by atoms with Crippen molar-refractivity contribution in [1.29, 1.82) is 0 Å². The molecule has 27 heavy (non-hydrogen) atoms. The molecule has 2 saturated heterocycles. The number of likely N-dealkylation sites (tertiary alicyclic amines) is 2. The first-order valence-electron chi connectivity index (χ1n) is 10.8. The van der Waals surface area contributed by atoms with E-state index < -0.39 is 0 Å². The molecule has 1 unspecified atom stereocenters. The number of unbranched alkanes of at least 4 members (excludes halogenated alkanes) is 1. The van der Waals surface area contributed by atoms with Gasteiger partial charge in [0.05, 0.1) is 0 Å². The van der Waals surface area contributed by atoms with Crippen molar-refractivity contribution in [3.8, 4) is 0 Å². The lowest BCUT2D eigenvalue weighted by molar-refractivity contribution is 0.331. The van der Waals surface area contributed by atoms with Crippen molar-refractivity contribution in [3.63, 3.8) is 0 Å².